The fourth-order valence-corrected chi connectivity index (χ4v) is 3.05. The van der Waals surface area contributed by atoms with Crippen molar-refractivity contribution < 1.29 is 9.90 Å². The van der Waals surface area contributed by atoms with Crippen LogP contribution in [0, 0.1) is 6.92 Å². The normalized spacial score (nSPS) is 11.6. The Morgan fingerprint density at radius 1 is 1.10 bits per heavy atom. The summed E-state index contributed by atoms with van der Waals surface area (Å²) in [6.45, 7) is 5.19. The second kappa shape index (κ2) is 7.10. The third kappa shape index (κ3) is 3.86. The van der Waals surface area contributed by atoms with E-state index in [0.717, 1.165) is 17.0 Å². The topological polar surface area (TPSA) is 92.4 Å². The van der Waals surface area contributed by atoms with Crippen LogP contribution in [0.2, 0.25) is 0 Å². The number of pyridine rings is 1. The molecule has 0 atom stereocenters. The molecule has 29 heavy (non-hydrogen) atoms. The molecule has 0 radical (unpaired) electrons. The third-order valence-electron chi connectivity index (χ3n) is 4.51. The van der Waals surface area contributed by atoms with Gasteiger partial charge in [-0.1, -0.05) is 30.3 Å². The van der Waals surface area contributed by atoms with Crippen molar-refractivity contribution in [1.82, 2.24) is 19.6 Å². The molecule has 4 aromatic rings. The van der Waals surface area contributed by atoms with Crippen LogP contribution in [-0.4, -0.2) is 30.6 Å². The van der Waals surface area contributed by atoms with E-state index in [1.165, 1.54) is 6.20 Å². The van der Waals surface area contributed by atoms with Crippen molar-refractivity contribution in [2.24, 2.45) is 0 Å². The predicted octanol–water partition coefficient (Wildman–Crippen LogP) is 3.58. The van der Waals surface area contributed by atoms with E-state index in [-0.39, 0.29) is 5.91 Å². The summed E-state index contributed by atoms with van der Waals surface area (Å²) in [6, 6.07) is 16.7. The molecule has 0 aliphatic rings. The number of fused-ring (bicyclic) bond motifs is 1. The Hall–Kier alpha value is -3.58. The zero-order chi connectivity index (χ0) is 20.6. The number of benzene rings is 1. The lowest BCUT2D eigenvalue weighted by atomic mass is 10.0. The average molecular weight is 387 g/mol. The Morgan fingerprint density at radius 3 is 2.52 bits per heavy atom. The molecule has 7 nitrogen and oxygen atoms in total. The zero-order valence-corrected chi connectivity index (χ0v) is 16.4. The Kier molecular flexibility index (Phi) is 4.60. The van der Waals surface area contributed by atoms with Crippen molar-refractivity contribution in [2.75, 3.05) is 5.32 Å². The maximum atomic E-state index is 12.7. The highest BCUT2D eigenvalue weighted by atomic mass is 16.3. The predicted molar refractivity (Wildman–Crippen MR) is 111 cm³/mol. The summed E-state index contributed by atoms with van der Waals surface area (Å²) < 4.78 is 1.76. The van der Waals surface area contributed by atoms with Crippen LogP contribution in [0.3, 0.4) is 0 Å². The molecule has 0 saturated heterocycles. The van der Waals surface area contributed by atoms with Crippen LogP contribution in [0.5, 0.6) is 0 Å². The molecule has 3 aromatic heterocycles. The maximum absolute atomic E-state index is 12.7. The molecule has 0 spiro atoms. The Morgan fingerprint density at radius 2 is 1.86 bits per heavy atom. The molecule has 0 aliphatic carbocycles. The summed E-state index contributed by atoms with van der Waals surface area (Å²) in [6.07, 6.45) is 1.45. The Bertz CT molecular complexity index is 1180. The van der Waals surface area contributed by atoms with Gasteiger partial charge < -0.3 is 10.4 Å². The van der Waals surface area contributed by atoms with Gasteiger partial charge in [0.2, 0.25) is 0 Å². The lowest BCUT2D eigenvalue weighted by Gasteiger charge is -2.16. The molecule has 0 fully saturated rings. The van der Waals surface area contributed by atoms with Crippen LogP contribution in [0.25, 0.3) is 16.9 Å². The molecule has 0 bridgehead atoms. The smallest absolute Gasteiger partial charge is 0.258 e. The standard InChI is InChI=1S/C22H21N5O2/c1-14-11-20-24-19(12-17(27(20)26-14)15-7-5-4-6-8-15)25-21(28)16-9-10-18(23-13-16)22(2,3)29/h4-13,29H,1-3H3,(H,24,25,28). The van der Waals surface area contributed by atoms with Crippen molar-refractivity contribution in [1.29, 1.82) is 0 Å². The van der Waals surface area contributed by atoms with E-state index in [1.807, 2.05) is 43.3 Å². The second-order valence-electron chi connectivity index (χ2n) is 7.39. The number of carbonyl (C=O) groups excluding carboxylic acids is 1. The van der Waals surface area contributed by atoms with Crippen LogP contribution in [0.15, 0.2) is 60.8 Å². The van der Waals surface area contributed by atoms with Crippen LogP contribution < -0.4 is 5.32 Å². The molecule has 1 aromatic carbocycles. The average Bonchev–Trinajstić information content (AvgIpc) is 3.07. The number of hydrogen-bond donors (Lipinski definition) is 2. The summed E-state index contributed by atoms with van der Waals surface area (Å²) in [5, 5.41) is 17.4. The minimum atomic E-state index is -1.06. The Balaban J connectivity index is 1.68. The van der Waals surface area contributed by atoms with Crippen molar-refractivity contribution in [3.05, 3.63) is 77.7 Å². The summed E-state index contributed by atoms with van der Waals surface area (Å²) in [4.78, 5) is 21.4. The summed E-state index contributed by atoms with van der Waals surface area (Å²) in [7, 11) is 0. The fraction of sp³-hybridized carbons (Fsp3) is 0.182. The van der Waals surface area contributed by atoms with E-state index in [2.05, 4.69) is 20.4 Å². The molecule has 7 heteroatoms. The number of hydrogen-bond acceptors (Lipinski definition) is 5. The van der Waals surface area contributed by atoms with Gasteiger partial charge in [-0.25, -0.2) is 9.50 Å². The summed E-state index contributed by atoms with van der Waals surface area (Å²) in [5.41, 5.74) is 3.09. The van der Waals surface area contributed by atoms with Gasteiger partial charge in [0, 0.05) is 23.9 Å². The first kappa shape index (κ1) is 18.8. The van der Waals surface area contributed by atoms with Crippen molar-refractivity contribution in [3.63, 3.8) is 0 Å². The van der Waals surface area contributed by atoms with Crippen molar-refractivity contribution >= 4 is 17.4 Å². The Labute approximate surface area is 168 Å². The van der Waals surface area contributed by atoms with Crippen molar-refractivity contribution in [3.8, 4) is 11.3 Å². The van der Waals surface area contributed by atoms with Crippen LogP contribution in [-0.2, 0) is 5.60 Å². The summed E-state index contributed by atoms with van der Waals surface area (Å²) in [5.74, 6) is 0.0970. The number of carbonyl (C=O) groups is 1. The van der Waals surface area contributed by atoms with Crippen LogP contribution in [0.1, 0.15) is 35.6 Å². The number of anilines is 1. The zero-order valence-electron chi connectivity index (χ0n) is 16.4. The fourth-order valence-electron chi connectivity index (χ4n) is 3.05. The van der Waals surface area contributed by atoms with E-state index in [4.69, 9.17) is 0 Å². The van der Waals surface area contributed by atoms with Crippen molar-refractivity contribution in [2.45, 2.75) is 26.4 Å². The van der Waals surface area contributed by atoms with Crippen LogP contribution >= 0.6 is 0 Å². The highest BCUT2D eigenvalue weighted by molar-refractivity contribution is 6.03. The minimum absolute atomic E-state index is 0.327. The number of nitrogens with one attached hydrogen (secondary N) is 1. The first-order chi connectivity index (χ1) is 13.8. The van der Waals surface area contributed by atoms with Crippen LogP contribution in [0.4, 0.5) is 5.82 Å². The highest BCUT2D eigenvalue weighted by Gasteiger charge is 2.18. The quantitative estimate of drug-likeness (QED) is 0.558. The molecule has 0 unspecified atom stereocenters. The van der Waals surface area contributed by atoms with Gasteiger partial charge in [0.25, 0.3) is 5.91 Å². The van der Waals surface area contributed by atoms with Gasteiger partial charge in [-0.3, -0.25) is 9.78 Å². The molecule has 0 saturated carbocycles. The molecule has 146 valence electrons. The van der Waals surface area contributed by atoms with Gasteiger partial charge in [-0.2, -0.15) is 5.10 Å². The number of aromatic nitrogens is 4. The number of aryl methyl sites for hydroxylation is 1. The van der Waals surface area contributed by atoms with Gasteiger partial charge in [0.1, 0.15) is 11.4 Å². The van der Waals surface area contributed by atoms with Gasteiger partial charge in [0.05, 0.1) is 22.6 Å². The molecule has 4 rings (SSSR count). The van der Waals surface area contributed by atoms with E-state index >= 15 is 0 Å². The number of nitrogens with zero attached hydrogens (tertiary/aromatic N) is 4. The van der Waals surface area contributed by atoms with E-state index in [1.54, 1.807) is 36.6 Å². The molecule has 2 N–H and O–H groups in total. The molecule has 0 aliphatic heterocycles. The molecule has 3 heterocycles. The number of aliphatic hydroxyl groups is 1. The highest BCUT2D eigenvalue weighted by Crippen LogP contribution is 2.24. The largest absolute Gasteiger partial charge is 0.384 e. The lowest BCUT2D eigenvalue weighted by molar-refractivity contribution is 0.0737. The van der Waals surface area contributed by atoms with E-state index in [0.29, 0.717) is 22.7 Å². The first-order valence-corrected chi connectivity index (χ1v) is 9.24. The summed E-state index contributed by atoms with van der Waals surface area (Å²) >= 11 is 0. The van der Waals surface area contributed by atoms with Gasteiger partial charge in [-0.15, -0.1) is 0 Å². The minimum Gasteiger partial charge on any atom is -0.384 e. The molecule has 1 amide bonds. The SMILES string of the molecule is Cc1cc2nc(NC(=O)c3ccc(C(C)(C)O)nc3)cc(-c3ccccc3)n2n1. The monoisotopic (exact) mass is 387 g/mol. The van der Waals surface area contributed by atoms with Gasteiger partial charge in [-0.05, 0) is 32.9 Å². The number of amides is 1. The van der Waals surface area contributed by atoms with E-state index in [9.17, 15) is 9.90 Å². The molecular formula is C22H21N5O2. The van der Waals surface area contributed by atoms with Gasteiger partial charge >= 0.3 is 0 Å². The maximum Gasteiger partial charge on any atom is 0.258 e. The van der Waals surface area contributed by atoms with E-state index < -0.39 is 5.60 Å². The number of rotatable bonds is 4. The third-order valence-corrected chi connectivity index (χ3v) is 4.51. The second-order valence-corrected chi connectivity index (χ2v) is 7.39. The first-order valence-electron chi connectivity index (χ1n) is 9.24. The molecular weight excluding hydrogens is 366 g/mol. The lowest BCUT2D eigenvalue weighted by Crippen LogP contribution is -2.19. The van der Waals surface area contributed by atoms with Gasteiger partial charge in [0.15, 0.2) is 5.65 Å².